The fourth-order valence-electron chi connectivity index (χ4n) is 6.99. The fourth-order valence-corrected chi connectivity index (χ4v) is 6.99. The summed E-state index contributed by atoms with van der Waals surface area (Å²) in [7, 11) is 0. The zero-order valence-corrected chi connectivity index (χ0v) is 49.4. The van der Waals surface area contributed by atoms with Crippen LogP contribution in [-0.2, 0) is 63.1 Å². The molecule has 8 aromatic heterocycles. The molecule has 92 heavy (non-hydrogen) atoms. The van der Waals surface area contributed by atoms with Gasteiger partial charge in [-0.05, 0) is 72.8 Å². The van der Waals surface area contributed by atoms with Gasteiger partial charge in [-0.2, -0.15) is 0 Å². The van der Waals surface area contributed by atoms with Crippen molar-refractivity contribution in [3.05, 3.63) is 219 Å². The molecular formula is C56H74N8Ni2O26+2. The van der Waals surface area contributed by atoms with Crippen LogP contribution in [0, 0.1) is 0 Å². The second-order valence-corrected chi connectivity index (χ2v) is 14.8. The Morgan fingerprint density at radius 1 is 0.217 bits per heavy atom. The Balaban J connectivity index is -0.0000000642. The number of aromatic nitrogens is 8. The maximum Gasteiger partial charge on any atom is 2.00 e. The Labute approximate surface area is 539 Å². The molecule has 36 heteroatoms. The molecule has 0 unspecified atom stereocenters. The molecule has 0 amide bonds. The van der Waals surface area contributed by atoms with Gasteiger partial charge in [-0.1, -0.05) is 97.1 Å². The first-order valence-electron chi connectivity index (χ1n) is 21.6. The molecular weight excluding hydrogens is 1320 g/mol. The van der Waals surface area contributed by atoms with E-state index in [9.17, 15) is 39.6 Å². The van der Waals surface area contributed by atoms with Crippen molar-refractivity contribution in [3.63, 3.8) is 0 Å². The summed E-state index contributed by atoms with van der Waals surface area (Å²) in [4.78, 5) is 72.4. The molecule has 8 heterocycles. The summed E-state index contributed by atoms with van der Waals surface area (Å²) < 4.78 is 0. The number of carbonyl (C=O) groups is 4. The van der Waals surface area contributed by atoms with Crippen LogP contribution in [0.4, 0.5) is 0 Å². The molecule has 0 radical (unpaired) electrons. The van der Waals surface area contributed by atoms with Gasteiger partial charge in [-0.15, -0.1) is 0 Å². The average molecular weight is 1390 g/mol. The number of carboxylic acids is 4. The van der Waals surface area contributed by atoms with Crippen LogP contribution in [0.15, 0.2) is 219 Å². The zero-order chi connectivity index (χ0) is 50.7. The molecule has 4 aromatic carbocycles. The first-order valence-corrected chi connectivity index (χ1v) is 21.6. The van der Waals surface area contributed by atoms with Crippen molar-refractivity contribution in [1.82, 2.24) is 39.9 Å². The first-order chi connectivity index (χ1) is 35.0. The van der Waals surface area contributed by atoms with Gasteiger partial charge >= 0.3 is 33.0 Å². The van der Waals surface area contributed by atoms with E-state index in [4.69, 9.17) is 0 Å². The van der Waals surface area contributed by atoms with E-state index in [1.165, 1.54) is 0 Å². The molecule has 0 bridgehead atoms. The van der Waals surface area contributed by atoms with Crippen LogP contribution in [0.1, 0.15) is 0 Å². The molecule has 12 aromatic rings. The van der Waals surface area contributed by atoms with E-state index in [0.29, 0.717) is 24.3 Å². The molecule has 0 aliphatic rings. The van der Waals surface area contributed by atoms with E-state index in [0.717, 1.165) is 87.2 Å². The predicted octanol–water partition coefficient (Wildman–Crippen LogP) is -9.83. The number of nitrogens with zero attached hydrogens (tertiary/aromatic N) is 8. The zero-order valence-electron chi connectivity index (χ0n) is 47.4. The predicted molar refractivity (Wildman–Crippen MR) is 334 cm³/mol. The number of pyridine rings is 8. The minimum Gasteiger partial charge on any atom is -0.545 e. The number of carbonyl (C=O) groups excluding carboxylic acids is 4. The third-order valence-electron chi connectivity index (χ3n) is 10.1. The second kappa shape index (κ2) is 58.5. The number of hydrogen-bond acceptors (Lipinski definition) is 16. The Hall–Kier alpha value is -10.2. The van der Waals surface area contributed by atoms with Gasteiger partial charge in [0, 0.05) is 92.7 Å². The van der Waals surface area contributed by atoms with Gasteiger partial charge in [-0.3, -0.25) is 39.9 Å². The van der Waals surface area contributed by atoms with Crippen LogP contribution in [0.5, 0.6) is 0 Å². The van der Waals surface area contributed by atoms with Gasteiger partial charge in [0.1, 0.15) is 0 Å². The smallest absolute Gasteiger partial charge is 0.545 e. The van der Waals surface area contributed by atoms with Crippen molar-refractivity contribution in [2.75, 3.05) is 0 Å². The molecule has 0 aliphatic carbocycles. The number of fused-ring (bicyclic) bond motifs is 12. The van der Waals surface area contributed by atoms with E-state index >= 15 is 0 Å². The molecule has 0 saturated heterocycles. The van der Waals surface area contributed by atoms with Crippen molar-refractivity contribution in [1.29, 1.82) is 0 Å². The SMILES string of the molecule is O.O.O.O.O.O.O.O.O.O.O.O.O.O.O.O.O=C([O-])/C=C/C(=O)[O-].O=C([O-])/C=C/C(=O)[O-].[Ni+2].[Ni+2].[OH3+].[OH3+].c1cnc2c(c1)ccc1cccnc12.c1cnc2c(c1)ccc1cccnc12.c1cnc2c(c1)ccc1cccnc12.c1cnc2c(c1)ccc1cccnc12. The summed E-state index contributed by atoms with van der Waals surface area (Å²) in [5.41, 5.74) is 7.82. The van der Waals surface area contributed by atoms with E-state index in [2.05, 4.69) is 137 Å². The first kappa shape index (κ1) is 116. The molecule has 0 spiro atoms. The van der Waals surface area contributed by atoms with Crippen molar-refractivity contribution in [2.24, 2.45) is 0 Å². The summed E-state index contributed by atoms with van der Waals surface area (Å²) in [6, 6.07) is 48.6. The Kier molecular flexibility index (Phi) is 73.8. The van der Waals surface area contributed by atoms with E-state index < -0.39 is 23.9 Å². The van der Waals surface area contributed by atoms with E-state index in [-0.39, 0.29) is 132 Å². The molecule has 0 aliphatic heterocycles. The van der Waals surface area contributed by atoms with Gasteiger partial charge < -0.3 is 138 Å². The Morgan fingerprint density at radius 2 is 0.315 bits per heavy atom. The van der Waals surface area contributed by atoms with Gasteiger partial charge in [0.25, 0.3) is 0 Å². The maximum atomic E-state index is 9.41. The Bertz CT molecular complexity index is 3270. The number of carboxylic acid groups (broad SMARTS) is 4. The molecule has 512 valence electrons. The van der Waals surface area contributed by atoms with Gasteiger partial charge in [0.05, 0.1) is 68.0 Å². The Morgan fingerprint density at radius 3 is 0.402 bits per heavy atom. The van der Waals surface area contributed by atoms with Crippen LogP contribution in [0.2, 0.25) is 0 Å². The van der Waals surface area contributed by atoms with Crippen LogP contribution in [0.25, 0.3) is 87.2 Å². The van der Waals surface area contributed by atoms with Crippen molar-refractivity contribution in [2.45, 2.75) is 0 Å². The summed E-state index contributed by atoms with van der Waals surface area (Å²) in [5.74, 6) is -6.19. The third-order valence-corrected chi connectivity index (χ3v) is 10.1. The van der Waals surface area contributed by atoms with Crippen LogP contribution < -0.4 is 20.4 Å². The van der Waals surface area contributed by atoms with Gasteiger partial charge in [0.15, 0.2) is 0 Å². The van der Waals surface area contributed by atoms with Crippen molar-refractivity contribution in [3.8, 4) is 0 Å². The van der Waals surface area contributed by atoms with E-state index in [1.807, 2.05) is 48.5 Å². The van der Waals surface area contributed by atoms with Crippen molar-refractivity contribution >= 4 is 111 Å². The number of benzene rings is 4. The quantitative estimate of drug-likeness (QED) is 0.0683. The number of rotatable bonds is 4. The minimum atomic E-state index is -1.55. The largest absolute Gasteiger partial charge is 2.00 e. The van der Waals surface area contributed by atoms with E-state index in [1.54, 1.807) is 49.6 Å². The summed E-state index contributed by atoms with van der Waals surface area (Å²) >= 11 is 0. The number of hydrogen-bond donors (Lipinski definition) is 0. The van der Waals surface area contributed by atoms with Gasteiger partial charge in [-0.25, -0.2) is 0 Å². The molecule has 0 atom stereocenters. The minimum absolute atomic E-state index is 0. The standard InChI is InChI=1S/4C12H8N2.2C4H4O4.2Ni.18H2O/c4*1-3-9-5-6-10-4-2-8-14-12(10)11(9)13-7-1;2*5-3(6)1-2-4(7)8;;;;;;;;;;;;;;;;;;;;/h4*1-8H;2*1-2H,(H,5,6)(H,7,8);;;18*1H2/q;;;;;;2*+2;;;;;;;;;;;;;;;;;;/p-2/b;;;;2*2-1+;;;;;;;;;;;;;;;;;;;;. The molecule has 12 rings (SSSR count). The molecule has 0 fully saturated rings. The van der Waals surface area contributed by atoms with Gasteiger partial charge in [0.2, 0.25) is 0 Å². The summed E-state index contributed by atoms with van der Waals surface area (Å²) in [5, 5.41) is 46.8. The fraction of sp³-hybridized carbons (Fsp3) is 0. The molecule has 38 N–H and O–H groups in total. The second-order valence-electron chi connectivity index (χ2n) is 14.8. The maximum absolute atomic E-state index is 9.41. The third kappa shape index (κ3) is 32.3. The molecule has 0 saturated carbocycles. The monoisotopic (exact) mass is 1390 g/mol. The van der Waals surface area contributed by atoms with Crippen LogP contribution in [0.3, 0.4) is 0 Å². The number of aliphatic carboxylic acids is 4. The van der Waals surface area contributed by atoms with Crippen LogP contribution in [-0.4, -0.2) is 151 Å². The summed E-state index contributed by atoms with van der Waals surface area (Å²) in [6.45, 7) is 0. The average Bonchev–Trinajstić information content (AvgIpc) is 0.877. The van der Waals surface area contributed by atoms with Crippen LogP contribution >= 0.6 is 0 Å². The summed E-state index contributed by atoms with van der Waals surface area (Å²) in [6.07, 6.45) is 16.0. The topological polar surface area (TPSA) is 834 Å². The molecule has 34 nitrogen and oxygen atoms in total. The normalized spacial score (nSPS) is 8.26. The van der Waals surface area contributed by atoms with Crippen molar-refractivity contribution < 1.29 is 171 Å².